The van der Waals surface area contributed by atoms with E-state index in [1.807, 2.05) is 36.4 Å². The molecule has 2 atom stereocenters. The first kappa shape index (κ1) is 20.9. The van der Waals surface area contributed by atoms with Crippen molar-refractivity contribution in [3.8, 4) is 0 Å². The third kappa shape index (κ3) is 5.02. The lowest BCUT2D eigenvalue weighted by molar-refractivity contribution is 0.0804. The predicted octanol–water partition coefficient (Wildman–Crippen LogP) is 5.08. The molecule has 156 valence electrons. The highest BCUT2D eigenvalue weighted by Crippen LogP contribution is 2.27. The van der Waals surface area contributed by atoms with E-state index in [1.54, 1.807) is 18.4 Å². The molecule has 1 amide bonds. The molecule has 3 aromatic rings. The summed E-state index contributed by atoms with van der Waals surface area (Å²) >= 11 is 2.23. The van der Waals surface area contributed by atoms with Gasteiger partial charge in [-0.05, 0) is 90.8 Å². The number of carbonyl (C=O) groups excluding carboxylic acids is 2. The highest BCUT2D eigenvalue weighted by molar-refractivity contribution is 14.1. The van der Waals surface area contributed by atoms with Gasteiger partial charge in [0, 0.05) is 26.1 Å². The highest BCUT2D eigenvalue weighted by Gasteiger charge is 2.31. The maximum absolute atomic E-state index is 13.0. The Bertz CT molecular complexity index is 1030. The van der Waals surface area contributed by atoms with Crippen molar-refractivity contribution in [1.82, 2.24) is 5.32 Å². The van der Waals surface area contributed by atoms with Gasteiger partial charge in [-0.3, -0.25) is 10.1 Å². The second-order valence-electron chi connectivity index (χ2n) is 7.45. The quantitative estimate of drug-likeness (QED) is 0.351. The number of piperidine rings is 1. The topological polar surface area (TPSA) is 80.6 Å². The molecule has 1 fully saturated rings. The average molecular weight is 518 g/mol. The van der Waals surface area contributed by atoms with E-state index in [4.69, 9.17) is 9.15 Å². The molecule has 1 aliphatic rings. The second-order valence-corrected chi connectivity index (χ2v) is 8.70. The molecule has 2 aromatic carbocycles. The first-order valence-corrected chi connectivity index (χ1v) is 11.1. The first-order chi connectivity index (χ1) is 14.6. The molecule has 0 saturated carbocycles. The monoisotopic (exact) mass is 518 g/mol. The number of Topliss-reactive ketones (excluding diaryl/α,β-unsaturated/α-hetero) is 1. The number of anilines is 1. The van der Waals surface area contributed by atoms with Crippen molar-refractivity contribution >= 4 is 51.1 Å². The molecule has 7 heteroatoms. The molecule has 1 saturated heterocycles. The van der Waals surface area contributed by atoms with Crippen molar-refractivity contribution in [3.63, 3.8) is 0 Å². The highest BCUT2D eigenvalue weighted by atomic mass is 127. The second kappa shape index (κ2) is 9.61. The minimum Gasteiger partial charge on any atom is -0.464 e. The molecule has 6 nitrogen and oxygen atoms in total. The van der Waals surface area contributed by atoms with Gasteiger partial charge in [0.05, 0.1) is 12.9 Å². The Kier molecular flexibility index (Phi) is 6.69. The summed E-state index contributed by atoms with van der Waals surface area (Å²) < 4.78 is 11.8. The predicted molar refractivity (Wildman–Crippen MR) is 124 cm³/mol. The molecule has 0 bridgehead atoms. The number of ketones is 1. The van der Waals surface area contributed by atoms with E-state index in [-0.39, 0.29) is 24.2 Å². The SMILES string of the molecule is O=C(Nc1ccc2occc2c1)OCCC1CNCCC1C(=O)c1ccc(I)cc1. The van der Waals surface area contributed by atoms with Gasteiger partial charge in [-0.2, -0.15) is 0 Å². The standard InChI is InChI=1S/C23H23IN2O4/c24-18-3-1-15(2-4-18)22(27)20-7-10-25-14-17(20)9-12-30-23(28)26-19-5-6-21-16(13-19)8-11-29-21/h1-6,8,11,13,17,20,25H,7,9-10,12,14H2,(H,26,28). The van der Waals surface area contributed by atoms with Crippen LogP contribution >= 0.6 is 22.6 Å². The van der Waals surface area contributed by atoms with Crippen LogP contribution in [0.15, 0.2) is 59.2 Å². The number of rotatable bonds is 6. The third-order valence-electron chi connectivity index (χ3n) is 5.49. The fourth-order valence-corrected chi connectivity index (χ4v) is 4.26. The summed E-state index contributed by atoms with van der Waals surface area (Å²) in [7, 11) is 0. The number of nitrogens with one attached hydrogen (secondary N) is 2. The fourth-order valence-electron chi connectivity index (χ4n) is 3.90. The first-order valence-electron chi connectivity index (χ1n) is 10.0. The zero-order valence-electron chi connectivity index (χ0n) is 16.4. The molecule has 4 rings (SSSR count). The lowest BCUT2D eigenvalue weighted by atomic mass is 9.79. The Morgan fingerprint density at radius 3 is 2.83 bits per heavy atom. The number of benzene rings is 2. The van der Waals surface area contributed by atoms with E-state index < -0.39 is 6.09 Å². The molecular weight excluding hydrogens is 495 g/mol. The van der Waals surface area contributed by atoms with Gasteiger partial charge in [-0.25, -0.2) is 4.79 Å². The van der Waals surface area contributed by atoms with E-state index in [0.717, 1.165) is 39.6 Å². The van der Waals surface area contributed by atoms with E-state index in [9.17, 15) is 9.59 Å². The van der Waals surface area contributed by atoms with Crippen LogP contribution in [0.1, 0.15) is 23.2 Å². The number of amides is 1. The zero-order chi connectivity index (χ0) is 20.9. The van der Waals surface area contributed by atoms with Crippen LogP contribution in [0.4, 0.5) is 10.5 Å². The Hall–Kier alpha value is -2.39. The maximum Gasteiger partial charge on any atom is 0.411 e. The summed E-state index contributed by atoms with van der Waals surface area (Å²) in [4.78, 5) is 25.1. The summed E-state index contributed by atoms with van der Waals surface area (Å²) in [6.07, 6.45) is 2.55. The Labute approximate surface area is 188 Å². The molecule has 0 spiro atoms. The van der Waals surface area contributed by atoms with Crippen molar-refractivity contribution in [3.05, 3.63) is 63.9 Å². The van der Waals surface area contributed by atoms with Gasteiger partial charge in [-0.15, -0.1) is 0 Å². The zero-order valence-corrected chi connectivity index (χ0v) is 18.6. The van der Waals surface area contributed by atoms with Crippen molar-refractivity contribution in [1.29, 1.82) is 0 Å². The third-order valence-corrected chi connectivity index (χ3v) is 6.21. The van der Waals surface area contributed by atoms with E-state index in [0.29, 0.717) is 12.1 Å². The lowest BCUT2D eigenvalue weighted by Crippen LogP contribution is -2.41. The van der Waals surface area contributed by atoms with Gasteiger partial charge in [0.2, 0.25) is 0 Å². The number of hydrogen-bond donors (Lipinski definition) is 2. The van der Waals surface area contributed by atoms with Crippen molar-refractivity contribution in [2.24, 2.45) is 11.8 Å². The van der Waals surface area contributed by atoms with Gasteiger partial charge in [-0.1, -0.05) is 12.1 Å². The number of ether oxygens (including phenoxy) is 1. The minimum absolute atomic E-state index is 0.0542. The number of carbonyl (C=O) groups is 2. The van der Waals surface area contributed by atoms with Crippen LogP contribution in [0.2, 0.25) is 0 Å². The normalized spacial score (nSPS) is 18.8. The lowest BCUT2D eigenvalue weighted by Gasteiger charge is -2.31. The van der Waals surface area contributed by atoms with E-state index >= 15 is 0 Å². The van der Waals surface area contributed by atoms with Crippen molar-refractivity contribution in [2.45, 2.75) is 12.8 Å². The molecule has 1 aliphatic heterocycles. The summed E-state index contributed by atoms with van der Waals surface area (Å²) in [5.74, 6) is 0.262. The summed E-state index contributed by atoms with van der Waals surface area (Å²) in [6.45, 7) is 1.85. The molecule has 2 unspecified atom stereocenters. The smallest absolute Gasteiger partial charge is 0.411 e. The molecular formula is C23H23IN2O4. The van der Waals surface area contributed by atoms with Crippen LogP contribution in [-0.2, 0) is 4.74 Å². The largest absolute Gasteiger partial charge is 0.464 e. The molecule has 2 heterocycles. The van der Waals surface area contributed by atoms with Crippen LogP contribution in [0, 0.1) is 15.4 Å². The van der Waals surface area contributed by atoms with Crippen molar-refractivity contribution < 1.29 is 18.7 Å². The Morgan fingerprint density at radius 2 is 2.00 bits per heavy atom. The average Bonchev–Trinajstić information content (AvgIpc) is 3.22. The summed E-state index contributed by atoms with van der Waals surface area (Å²) in [5.41, 5.74) is 2.17. The van der Waals surface area contributed by atoms with Gasteiger partial charge in [0.1, 0.15) is 5.58 Å². The fraction of sp³-hybridized carbons (Fsp3) is 0.304. The molecule has 0 aliphatic carbocycles. The van der Waals surface area contributed by atoms with E-state index in [1.165, 1.54) is 0 Å². The van der Waals surface area contributed by atoms with E-state index in [2.05, 4.69) is 33.2 Å². The van der Waals surface area contributed by atoms with Gasteiger partial charge in [0.25, 0.3) is 0 Å². The number of furan rings is 1. The summed E-state index contributed by atoms with van der Waals surface area (Å²) in [6, 6.07) is 14.9. The maximum atomic E-state index is 13.0. The van der Waals surface area contributed by atoms with Crippen LogP contribution in [0.3, 0.4) is 0 Å². The number of fused-ring (bicyclic) bond motifs is 1. The minimum atomic E-state index is -0.498. The van der Waals surface area contributed by atoms with Gasteiger partial charge < -0.3 is 14.5 Å². The van der Waals surface area contributed by atoms with Gasteiger partial charge in [0.15, 0.2) is 5.78 Å². The van der Waals surface area contributed by atoms with Crippen LogP contribution in [0.25, 0.3) is 11.0 Å². The molecule has 30 heavy (non-hydrogen) atoms. The van der Waals surface area contributed by atoms with Gasteiger partial charge >= 0.3 is 6.09 Å². The number of halogens is 1. The van der Waals surface area contributed by atoms with Crippen LogP contribution in [-0.4, -0.2) is 31.6 Å². The Balaban J connectivity index is 1.30. The molecule has 2 N–H and O–H groups in total. The molecule has 1 aromatic heterocycles. The van der Waals surface area contributed by atoms with Crippen LogP contribution < -0.4 is 10.6 Å². The summed E-state index contributed by atoms with van der Waals surface area (Å²) in [5, 5.41) is 7.01. The number of hydrogen-bond acceptors (Lipinski definition) is 5. The van der Waals surface area contributed by atoms with Crippen LogP contribution in [0.5, 0.6) is 0 Å². The Morgan fingerprint density at radius 1 is 1.17 bits per heavy atom. The molecule has 0 radical (unpaired) electrons. The van der Waals surface area contributed by atoms with Crippen molar-refractivity contribution in [2.75, 3.05) is 25.0 Å².